The van der Waals surface area contributed by atoms with E-state index in [0.717, 1.165) is 66.2 Å². The van der Waals surface area contributed by atoms with E-state index in [2.05, 4.69) is 26.3 Å². The van der Waals surface area contributed by atoms with Crippen molar-refractivity contribution in [2.24, 2.45) is 18.9 Å². The van der Waals surface area contributed by atoms with Gasteiger partial charge in [-0.1, -0.05) is 17.4 Å². The number of aryl methyl sites for hydroxylation is 1. The summed E-state index contributed by atoms with van der Waals surface area (Å²) >= 11 is 1.25. The molecular formula is C25H25N7O2S. The molecule has 3 fully saturated rings. The minimum Gasteiger partial charge on any atom is -0.369 e. The monoisotopic (exact) mass is 487 g/mol. The summed E-state index contributed by atoms with van der Waals surface area (Å²) in [4.78, 5) is 29.4. The minimum absolute atomic E-state index is 0.0323. The molecule has 1 aliphatic carbocycles. The lowest BCUT2D eigenvalue weighted by Gasteiger charge is -2.23. The number of carbonyl (C=O) groups is 1. The highest BCUT2D eigenvalue weighted by molar-refractivity contribution is 7.16. The summed E-state index contributed by atoms with van der Waals surface area (Å²) in [7, 11) is 1.79. The molecule has 4 aromatic rings. The molecule has 0 radical (unpaired) electrons. The van der Waals surface area contributed by atoms with Crippen LogP contribution in [0.2, 0.25) is 0 Å². The van der Waals surface area contributed by atoms with Crippen LogP contribution in [0.4, 0.5) is 5.69 Å². The van der Waals surface area contributed by atoms with Gasteiger partial charge in [0.2, 0.25) is 0 Å². The normalized spacial score (nSPS) is 21.7. The van der Waals surface area contributed by atoms with E-state index in [4.69, 9.17) is 0 Å². The molecule has 3 aliphatic rings. The first kappa shape index (κ1) is 20.8. The average molecular weight is 488 g/mol. The van der Waals surface area contributed by atoms with Crippen LogP contribution in [0.25, 0.3) is 21.5 Å². The molecule has 2 saturated heterocycles. The molecule has 3 aromatic heterocycles. The highest BCUT2D eigenvalue weighted by atomic mass is 32.1. The Morgan fingerprint density at radius 2 is 1.86 bits per heavy atom. The topological polar surface area (TPSA) is 89.2 Å². The fourth-order valence-corrected chi connectivity index (χ4v) is 6.42. The van der Waals surface area contributed by atoms with Gasteiger partial charge in [-0.3, -0.25) is 14.3 Å². The number of anilines is 1. The lowest BCUT2D eigenvalue weighted by Crippen LogP contribution is -2.33. The first-order valence-electron chi connectivity index (χ1n) is 12.0. The van der Waals surface area contributed by atoms with Crippen LogP contribution in [0.15, 0.2) is 47.7 Å². The molecule has 0 N–H and O–H groups in total. The third kappa shape index (κ3) is 3.54. The number of hydrogen-bond donors (Lipinski definition) is 0. The molecule has 7 rings (SSSR count). The van der Waals surface area contributed by atoms with E-state index in [9.17, 15) is 9.59 Å². The zero-order valence-electron chi connectivity index (χ0n) is 19.4. The van der Waals surface area contributed by atoms with Crippen molar-refractivity contribution in [2.45, 2.75) is 18.9 Å². The Morgan fingerprint density at radius 1 is 1.06 bits per heavy atom. The van der Waals surface area contributed by atoms with Gasteiger partial charge in [-0.05, 0) is 31.0 Å². The number of nitrogens with zero attached hydrogens (tertiary/aromatic N) is 7. The van der Waals surface area contributed by atoms with E-state index in [-0.39, 0.29) is 10.8 Å². The summed E-state index contributed by atoms with van der Waals surface area (Å²) in [6.45, 7) is 3.37. The first-order chi connectivity index (χ1) is 17.0. The van der Waals surface area contributed by atoms with Gasteiger partial charge >= 0.3 is 4.87 Å². The van der Waals surface area contributed by atoms with Crippen LogP contribution in [-0.4, -0.2) is 61.5 Å². The molecule has 1 aromatic carbocycles. The fraction of sp³-hybridized carbons (Fsp3) is 0.400. The Bertz CT molecular complexity index is 1500. The summed E-state index contributed by atoms with van der Waals surface area (Å²) in [5.74, 6) is 1.00. The molecule has 10 heteroatoms. The summed E-state index contributed by atoms with van der Waals surface area (Å²) in [5, 5.41) is 13.0. The van der Waals surface area contributed by atoms with Gasteiger partial charge in [0.1, 0.15) is 0 Å². The zero-order valence-corrected chi connectivity index (χ0v) is 20.2. The molecule has 1 saturated carbocycles. The van der Waals surface area contributed by atoms with Crippen LogP contribution in [0, 0.1) is 11.8 Å². The van der Waals surface area contributed by atoms with E-state index in [1.807, 2.05) is 40.2 Å². The molecule has 178 valence electrons. The van der Waals surface area contributed by atoms with Crippen molar-refractivity contribution in [1.82, 2.24) is 29.4 Å². The van der Waals surface area contributed by atoms with Crippen molar-refractivity contribution in [3.63, 3.8) is 0 Å². The number of likely N-dealkylation sites (tertiary alicyclic amines) is 1. The highest BCUT2D eigenvalue weighted by Crippen LogP contribution is 2.36. The number of amides is 1. The second kappa shape index (κ2) is 7.74. The molecule has 1 amide bonds. The van der Waals surface area contributed by atoms with Crippen LogP contribution in [-0.2, 0) is 7.05 Å². The average Bonchev–Trinajstić information content (AvgIpc) is 3.18. The van der Waals surface area contributed by atoms with Gasteiger partial charge in [-0.15, -0.1) is 0 Å². The predicted molar refractivity (Wildman–Crippen MR) is 134 cm³/mol. The number of hydrogen-bond acceptors (Lipinski definition) is 7. The zero-order chi connectivity index (χ0) is 23.7. The maximum Gasteiger partial charge on any atom is 0.307 e. The second-order valence-electron chi connectivity index (χ2n) is 9.98. The lowest BCUT2D eigenvalue weighted by atomic mass is 10.0. The Kier molecular flexibility index (Phi) is 4.60. The van der Waals surface area contributed by atoms with E-state index in [0.29, 0.717) is 23.4 Å². The second-order valence-corrected chi connectivity index (χ2v) is 11.0. The number of rotatable bonds is 4. The van der Waals surface area contributed by atoms with Gasteiger partial charge in [0, 0.05) is 56.8 Å². The van der Waals surface area contributed by atoms with Crippen molar-refractivity contribution in [2.75, 3.05) is 31.1 Å². The number of thiazole rings is 1. The molecule has 0 bridgehead atoms. The Morgan fingerprint density at radius 3 is 2.63 bits per heavy atom. The number of carbonyl (C=O) groups excluding carboxylic acids is 1. The molecular weight excluding hydrogens is 462 g/mol. The minimum atomic E-state index is 0.0323. The quantitative estimate of drug-likeness (QED) is 0.440. The molecule has 5 heterocycles. The van der Waals surface area contributed by atoms with Gasteiger partial charge in [0.25, 0.3) is 5.91 Å². The maximum atomic E-state index is 13.0. The highest BCUT2D eigenvalue weighted by Gasteiger charge is 2.42. The van der Waals surface area contributed by atoms with Crippen molar-refractivity contribution >= 4 is 33.1 Å². The summed E-state index contributed by atoms with van der Waals surface area (Å²) in [6.07, 6.45) is 7.77. The lowest BCUT2D eigenvalue weighted by molar-refractivity contribution is 0.0782. The molecule has 9 nitrogen and oxygen atoms in total. The summed E-state index contributed by atoms with van der Waals surface area (Å²) in [5.41, 5.74) is 4.44. The van der Waals surface area contributed by atoms with Gasteiger partial charge < -0.3 is 14.4 Å². The van der Waals surface area contributed by atoms with Crippen LogP contribution in [0.1, 0.15) is 29.2 Å². The van der Waals surface area contributed by atoms with Crippen LogP contribution in [0.5, 0.6) is 0 Å². The molecule has 2 aliphatic heterocycles. The smallest absolute Gasteiger partial charge is 0.307 e. The maximum absolute atomic E-state index is 13.0. The van der Waals surface area contributed by atoms with Crippen molar-refractivity contribution in [3.8, 4) is 11.3 Å². The van der Waals surface area contributed by atoms with Gasteiger partial charge in [0.05, 0.1) is 45.6 Å². The summed E-state index contributed by atoms with van der Waals surface area (Å²) < 4.78 is 4.56. The van der Waals surface area contributed by atoms with E-state index < -0.39 is 0 Å². The summed E-state index contributed by atoms with van der Waals surface area (Å²) in [6, 6.07) is 8.55. The molecule has 2 atom stereocenters. The number of fused-ring (bicyclic) bond motifs is 2. The van der Waals surface area contributed by atoms with E-state index >= 15 is 0 Å². The van der Waals surface area contributed by atoms with Gasteiger partial charge in [-0.2, -0.15) is 15.3 Å². The molecule has 0 spiro atoms. The third-order valence-electron chi connectivity index (χ3n) is 7.64. The molecule has 0 unspecified atom stereocenters. The number of aromatic nitrogens is 5. The number of benzene rings is 1. The predicted octanol–water partition coefficient (Wildman–Crippen LogP) is 2.80. The Labute approximate surface area is 205 Å². The van der Waals surface area contributed by atoms with Gasteiger partial charge in [-0.25, -0.2) is 0 Å². The molecule has 35 heavy (non-hydrogen) atoms. The van der Waals surface area contributed by atoms with Gasteiger partial charge in [0.15, 0.2) is 0 Å². The van der Waals surface area contributed by atoms with E-state index in [1.165, 1.54) is 11.3 Å². The standard InChI is InChI=1S/C25H25N7O2S/c1-29-22-5-2-15(6-23(22)35-25(29)34)21-7-20(9-26-28-21)30-10-17-12-31(13-18(17)11-30)24(33)16-8-27-32(14-16)19-3-4-19/h2,5-9,14,17-19H,3-4,10-13H2,1H3/t17-,18+. The van der Waals surface area contributed by atoms with Crippen molar-refractivity contribution in [1.29, 1.82) is 0 Å². The van der Waals surface area contributed by atoms with Crippen LogP contribution >= 0.6 is 11.3 Å². The largest absolute Gasteiger partial charge is 0.369 e. The van der Waals surface area contributed by atoms with Crippen LogP contribution in [0.3, 0.4) is 0 Å². The fourth-order valence-electron chi connectivity index (χ4n) is 5.50. The van der Waals surface area contributed by atoms with E-state index in [1.54, 1.807) is 17.8 Å². The SMILES string of the molecule is Cn1c(=O)sc2cc(-c3cc(N4C[C@H]5CN(C(=O)c6cnn(C7CC7)c6)C[C@H]5C4)cnn3)ccc21. The van der Waals surface area contributed by atoms with Crippen molar-refractivity contribution in [3.05, 3.63) is 58.1 Å². The third-order valence-corrected chi connectivity index (χ3v) is 8.63. The van der Waals surface area contributed by atoms with Crippen molar-refractivity contribution < 1.29 is 4.79 Å². The Balaban J connectivity index is 1.06. The Hall–Kier alpha value is -3.53. The van der Waals surface area contributed by atoms with Crippen LogP contribution < -0.4 is 9.77 Å². The first-order valence-corrected chi connectivity index (χ1v) is 12.9.